The van der Waals surface area contributed by atoms with Gasteiger partial charge >= 0.3 is 0 Å². The Balaban J connectivity index is 2.09. The average Bonchev–Trinajstić information content (AvgIpc) is 3.27. The SMILES string of the molecule is CCCCCc1c(-c2ccc(F)cc2)c(C(N)=O)c(C)n1CCc1cnc[nH]1. The molecule has 0 saturated carbocycles. The lowest BCUT2D eigenvalue weighted by atomic mass is 9.97. The molecule has 3 aromatic rings. The molecule has 0 aliphatic rings. The molecule has 1 amide bonds. The third-order valence-corrected chi connectivity index (χ3v) is 5.19. The van der Waals surface area contributed by atoms with Crippen LogP contribution >= 0.6 is 0 Å². The summed E-state index contributed by atoms with van der Waals surface area (Å²) < 4.78 is 15.7. The largest absolute Gasteiger partial charge is 0.366 e. The number of aromatic nitrogens is 3. The maximum Gasteiger partial charge on any atom is 0.251 e. The van der Waals surface area contributed by atoms with Crippen molar-refractivity contribution in [3.05, 3.63) is 65.3 Å². The van der Waals surface area contributed by atoms with Gasteiger partial charge in [-0.15, -0.1) is 0 Å². The Bertz CT molecular complexity index is 927. The number of hydrogen-bond acceptors (Lipinski definition) is 2. The lowest BCUT2D eigenvalue weighted by molar-refractivity contribution is 0.1000. The fraction of sp³-hybridized carbons (Fsp3) is 0.364. The zero-order chi connectivity index (χ0) is 20.1. The number of nitrogens with zero attached hydrogens (tertiary/aromatic N) is 2. The molecule has 5 nitrogen and oxygen atoms in total. The van der Waals surface area contributed by atoms with Gasteiger partial charge in [0.2, 0.25) is 0 Å². The molecule has 2 aromatic heterocycles. The molecule has 0 aliphatic heterocycles. The predicted molar refractivity (Wildman–Crippen MR) is 109 cm³/mol. The van der Waals surface area contributed by atoms with Crippen molar-refractivity contribution in [1.29, 1.82) is 0 Å². The van der Waals surface area contributed by atoms with Crippen molar-refractivity contribution in [2.45, 2.75) is 52.5 Å². The summed E-state index contributed by atoms with van der Waals surface area (Å²) in [5.74, 6) is -0.749. The molecule has 148 valence electrons. The summed E-state index contributed by atoms with van der Waals surface area (Å²) >= 11 is 0. The van der Waals surface area contributed by atoms with Crippen molar-refractivity contribution in [3.8, 4) is 11.1 Å². The fourth-order valence-electron chi connectivity index (χ4n) is 3.79. The van der Waals surface area contributed by atoms with Crippen molar-refractivity contribution in [3.63, 3.8) is 0 Å². The standard InChI is InChI=1S/C22H27FN4O/c1-3-4-5-6-19-21(16-7-9-17(23)10-8-16)20(22(24)28)15(2)27(19)12-11-18-13-25-14-26-18/h7-10,13-14H,3-6,11-12H2,1-2H3,(H2,24,28)(H,25,26). The first-order chi connectivity index (χ1) is 13.5. The van der Waals surface area contributed by atoms with Gasteiger partial charge in [0.05, 0.1) is 11.9 Å². The number of nitrogens with one attached hydrogen (secondary N) is 1. The van der Waals surface area contributed by atoms with Gasteiger partial charge in [-0.2, -0.15) is 0 Å². The lowest BCUT2D eigenvalue weighted by Gasteiger charge is -2.13. The lowest BCUT2D eigenvalue weighted by Crippen LogP contribution is -2.14. The van der Waals surface area contributed by atoms with Gasteiger partial charge in [0.15, 0.2) is 0 Å². The second kappa shape index (κ2) is 8.87. The van der Waals surface area contributed by atoms with Crippen LogP contribution in [-0.2, 0) is 19.4 Å². The van der Waals surface area contributed by atoms with E-state index in [0.29, 0.717) is 5.56 Å². The Hall–Kier alpha value is -2.89. The molecule has 1 aromatic carbocycles. The van der Waals surface area contributed by atoms with Crippen LogP contribution in [0, 0.1) is 12.7 Å². The molecule has 0 saturated heterocycles. The van der Waals surface area contributed by atoms with Crippen LogP contribution in [0.4, 0.5) is 4.39 Å². The van der Waals surface area contributed by atoms with Crippen LogP contribution in [-0.4, -0.2) is 20.4 Å². The molecular weight excluding hydrogens is 355 g/mol. The zero-order valence-corrected chi connectivity index (χ0v) is 16.5. The minimum atomic E-state index is -0.450. The zero-order valence-electron chi connectivity index (χ0n) is 16.5. The summed E-state index contributed by atoms with van der Waals surface area (Å²) in [5.41, 5.74) is 10.9. The number of hydrogen-bond donors (Lipinski definition) is 2. The van der Waals surface area contributed by atoms with Gasteiger partial charge in [-0.1, -0.05) is 31.9 Å². The summed E-state index contributed by atoms with van der Waals surface area (Å²) in [6.45, 7) is 4.82. The number of halogens is 1. The number of aromatic amines is 1. The summed E-state index contributed by atoms with van der Waals surface area (Å²) in [7, 11) is 0. The number of nitrogens with two attached hydrogens (primary N) is 1. The van der Waals surface area contributed by atoms with Gasteiger partial charge in [-0.25, -0.2) is 9.37 Å². The highest BCUT2D eigenvalue weighted by atomic mass is 19.1. The van der Waals surface area contributed by atoms with Crippen molar-refractivity contribution < 1.29 is 9.18 Å². The number of imidazole rings is 1. The summed E-state index contributed by atoms with van der Waals surface area (Å²) in [5, 5.41) is 0. The number of primary amides is 1. The van der Waals surface area contributed by atoms with Gasteiger partial charge in [-0.3, -0.25) is 4.79 Å². The maximum atomic E-state index is 13.5. The average molecular weight is 382 g/mol. The van der Waals surface area contributed by atoms with Gasteiger partial charge in [0.25, 0.3) is 5.91 Å². The Morgan fingerprint density at radius 2 is 1.96 bits per heavy atom. The molecule has 3 rings (SSSR count). The number of unbranched alkanes of at least 4 members (excludes halogenated alkanes) is 2. The van der Waals surface area contributed by atoms with Crippen molar-refractivity contribution in [2.75, 3.05) is 0 Å². The van der Waals surface area contributed by atoms with E-state index in [2.05, 4.69) is 21.5 Å². The highest BCUT2D eigenvalue weighted by Crippen LogP contribution is 2.34. The van der Waals surface area contributed by atoms with E-state index in [9.17, 15) is 9.18 Å². The molecule has 0 unspecified atom stereocenters. The van der Waals surface area contributed by atoms with E-state index in [-0.39, 0.29) is 5.82 Å². The van der Waals surface area contributed by atoms with E-state index in [0.717, 1.165) is 66.9 Å². The molecule has 6 heteroatoms. The second-order valence-electron chi connectivity index (χ2n) is 7.09. The van der Waals surface area contributed by atoms with Crippen LogP contribution in [0.1, 0.15) is 53.6 Å². The number of amides is 1. The highest BCUT2D eigenvalue weighted by molar-refractivity contribution is 6.02. The first-order valence-electron chi connectivity index (χ1n) is 9.77. The molecule has 0 spiro atoms. The molecule has 0 bridgehead atoms. The fourth-order valence-corrected chi connectivity index (χ4v) is 3.79. The number of benzene rings is 1. The van der Waals surface area contributed by atoms with Crippen molar-refractivity contribution >= 4 is 5.91 Å². The Morgan fingerprint density at radius 3 is 2.57 bits per heavy atom. The predicted octanol–water partition coefficient (Wildman–Crippen LogP) is 4.40. The molecule has 0 fully saturated rings. The van der Waals surface area contributed by atoms with E-state index in [1.807, 2.05) is 13.1 Å². The molecule has 0 aliphatic carbocycles. The van der Waals surface area contributed by atoms with Crippen LogP contribution in [0.25, 0.3) is 11.1 Å². The monoisotopic (exact) mass is 382 g/mol. The number of carbonyl (C=O) groups excluding carboxylic acids is 1. The third-order valence-electron chi connectivity index (χ3n) is 5.19. The Morgan fingerprint density at radius 1 is 1.21 bits per heavy atom. The normalized spacial score (nSPS) is 11.1. The number of H-pyrrole nitrogens is 1. The summed E-state index contributed by atoms with van der Waals surface area (Å²) in [4.78, 5) is 19.5. The van der Waals surface area contributed by atoms with Crippen LogP contribution in [0.2, 0.25) is 0 Å². The second-order valence-corrected chi connectivity index (χ2v) is 7.09. The van der Waals surface area contributed by atoms with Crippen LogP contribution in [0.5, 0.6) is 0 Å². The minimum absolute atomic E-state index is 0.299. The van der Waals surface area contributed by atoms with Crippen LogP contribution in [0.3, 0.4) is 0 Å². The molecule has 28 heavy (non-hydrogen) atoms. The Kier molecular flexibility index (Phi) is 6.29. The molecular formula is C22H27FN4O. The van der Waals surface area contributed by atoms with Gasteiger partial charge < -0.3 is 15.3 Å². The minimum Gasteiger partial charge on any atom is -0.366 e. The summed E-state index contributed by atoms with van der Waals surface area (Å²) in [6, 6.07) is 6.29. The molecule has 3 N–H and O–H groups in total. The number of carbonyl (C=O) groups is 1. The van der Waals surface area contributed by atoms with E-state index in [1.54, 1.807) is 18.5 Å². The molecule has 0 radical (unpaired) electrons. The smallest absolute Gasteiger partial charge is 0.251 e. The van der Waals surface area contributed by atoms with E-state index in [4.69, 9.17) is 5.73 Å². The first kappa shape index (κ1) is 19.9. The first-order valence-corrected chi connectivity index (χ1v) is 9.77. The van der Waals surface area contributed by atoms with Crippen molar-refractivity contribution in [1.82, 2.24) is 14.5 Å². The number of aryl methyl sites for hydroxylation is 1. The van der Waals surface area contributed by atoms with Gasteiger partial charge in [-0.05, 0) is 37.5 Å². The van der Waals surface area contributed by atoms with E-state index < -0.39 is 5.91 Å². The quantitative estimate of drug-likeness (QED) is 0.538. The van der Waals surface area contributed by atoms with Gasteiger partial charge in [0.1, 0.15) is 5.82 Å². The Labute approximate surface area is 164 Å². The van der Waals surface area contributed by atoms with Crippen LogP contribution in [0.15, 0.2) is 36.8 Å². The van der Waals surface area contributed by atoms with E-state index in [1.165, 1.54) is 12.1 Å². The molecule has 2 heterocycles. The third kappa shape index (κ3) is 4.16. The highest BCUT2D eigenvalue weighted by Gasteiger charge is 2.24. The van der Waals surface area contributed by atoms with Gasteiger partial charge in [0, 0.05) is 41.8 Å². The maximum absolute atomic E-state index is 13.5. The van der Waals surface area contributed by atoms with E-state index >= 15 is 0 Å². The molecule has 0 atom stereocenters. The topological polar surface area (TPSA) is 76.7 Å². The van der Waals surface area contributed by atoms with Crippen molar-refractivity contribution in [2.24, 2.45) is 5.73 Å². The van der Waals surface area contributed by atoms with Crippen LogP contribution < -0.4 is 5.73 Å². The summed E-state index contributed by atoms with van der Waals surface area (Å²) in [6.07, 6.45) is 8.34. The number of rotatable bonds is 9.